The fourth-order valence-electron chi connectivity index (χ4n) is 4.39. The summed E-state index contributed by atoms with van der Waals surface area (Å²) in [4.78, 5) is 18.7. The van der Waals surface area contributed by atoms with Crippen LogP contribution in [0.2, 0.25) is 5.02 Å². The normalized spacial score (nSPS) is 18.6. The van der Waals surface area contributed by atoms with Gasteiger partial charge < -0.3 is 4.74 Å². The second kappa shape index (κ2) is 8.76. The summed E-state index contributed by atoms with van der Waals surface area (Å²) in [6, 6.07) is 10.7. The van der Waals surface area contributed by atoms with Gasteiger partial charge in [-0.1, -0.05) is 11.6 Å². The first kappa shape index (κ1) is 21.9. The zero-order valence-electron chi connectivity index (χ0n) is 18.8. The summed E-state index contributed by atoms with van der Waals surface area (Å²) < 4.78 is 21.0. The third-order valence-electron chi connectivity index (χ3n) is 6.26. The van der Waals surface area contributed by atoms with Crippen molar-refractivity contribution in [3.8, 4) is 11.3 Å². The average molecular weight is 463 g/mol. The Hall–Kier alpha value is -2.96. The Morgan fingerprint density at radius 2 is 1.82 bits per heavy atom. The van der Waals surface area contributed by atoms with Crippen molar-refractivity contribution in [2.24, 2.45) is 0 Å². The maximum atomic E-state index is 14.9. The molecule has 0 amide bonds. The lowest BCUT2D eigenvalue weighted by molar-refractivity contribution is 0.00460. The van der Waals surface area contributed by atoms with E-state index < -0.39 is 5.82 Å². The van der Waals surface area contributed by atoms with Crippen LogP contribution in [0.15, 0.2) is 42.6 Å². The molecule has 2 atom stereocenters. The van der Waals surface area contributed by atoms with Crippen LogP contribution in [0, 0.1) is 26.6 Å². The number of hydrogen-bond acceptors (Lipinski definition) is 5. The van der Waals surface area contributed by atoms with E-state index >= 15 is 0 Å². The van der Waals surface area contributed by atoms with E-state index in [2.05, 4.69) is 11.1 Å². The fourth-order valence-corrected chi connectivity index (χ4v) is 4.55. The minimum Gasteiger partial charge on any atom is -0.373 e. The van der Waals surface area contributed by atoms with Crippen LogP contribution in [-0.2, 0) is 4.74 Å². The third-order valence-corrected chi connectivity index (χ3v) is 6.50. The van der Waals surface area contributed by atoms with Crippen molar-refractivity contribution >= 4 is 22.6 Å². The van der Waals surface area contributed by atoms with E-state index in [1.807, 2.05) is 39.1 Å². The highest BCUT2D eigenvalue weighted by Gasteiger charge is 2.28. The van der Waals surface area contributed by atoms with Crippen LogP contribution in [0.5, 0.6) is 0 Å². The van der Waals surface area contributed by atoms with E-state index in [1.54, 1.807) is 12.1 Å². The Bertz CT molecular complexity index is 1360. The topological polar surface area (TPSA) is 60.8 Å². The number of halogens is 2. The summed E-state index contributed by atoms with van der Waals surface area (Å²) in [7, 11) is 0. The maximum absolute atomic E-state index is 14.9. The van der Waals surface area contributed by atoms with E-state index in [-0.39, 0.29) is 12.0 Å². The maximum Gasteiger partial charge on any atom is 0.134 e. The highest BCUT2D eigenvalue weighted by Crippen LogP contribution is 2.39. The molecule has 1 aliphatic heterocycles. The highest BCUT2D eigenvalue weighted by molar-refractivity contribution is 6.30. The van der Waals surface area contributed by atoms with E-state index in [9.17, 15) is 4.39 Å². The van der Waals surface area contributed by atoms with Crippen LogP contribution in [-0.4, -0.2) is 26.5 Å². The molecule has 3 aromatic heterocycles. The van der Waals surface area contributed by atoms with Crippen LogP contribution in [0.1, 0.15) is 53.2 Å². The van der Waals surface area contributed by atoms with Crippen molar-refractivity contribution in [2.45, 2.75) is 45.6 Å². The monoisotopic (exact) mass is 462 g/mol. The number of rotatable bonds is 3. The summed E-state index contributed by atoms with van der Waals surface area (Å²) in [6.45, 7) is 6.43. The number of aryl methyl sites for hydroxylation is 3. The molecular weight excluding hydrogens is 439 g/mol. The molecule has 0 aliphatic carbocycles. The lowest BCUT2D eigenvalue weighted by Gasteiger charge is -2.30. The smallest absolute Gasteiger partial charge is 0.134 e. The third kappa shape index (κ3) is 4.33. The van der Waals surface area contributed by atoms with Crippen molar-refractivity contribution < 1.29 is 9.13 Å². The van der Waals surface area contributed by atoms with Gasteiger partial charge in [-0.2, -0.15) is 0 Å². The van der Waals surface area contributed by atoms with Gasteiger partial charge >= 0.3 is 0 Å². The lowest BCUT2D eigenvalue weighted by atomic mass is 9.88. The first-order valence-electron chi connectivity index (χ1n) is 11.0. The minimum absolute atomic E-state index is 0.0375. The first-order valence-corrected chi connectivity index (χ1v) is 11.4. The number of pyridine rings is 2. The molecule has 5 nitrogen and oxygen atoms in total. The van der Waals surface area contributed by atoms with Gasteiger partial charge in [0.15, 0.2) is 0 Å². The molecule has 1 saturated heterocycles. The Kier molecular flexibility index (Phi) is 5.81. The summed E-state index contributed by atoms with van der Waals surface area (Å²) in [5, 5.41) is 0.342. The molecule has 7 heteroatoms. The molecule has 0 bridgehead atoms. The predicted octanol–water partition coefficient (Wildman–Crippen LogP) is 6.44. The van der Waals surface area contributed by atoms with E-state index in [1.165, 1.54) is 6.07 Å². The number of aromatic nitrogens is 4. The lowest BCUT2D eigenvalue weighted by Crippen LogP contribution is -2.20. The molecular formula is C26H24ClFN4O. The average Bonchev–Trinajstić information content (AvgIpc) is 2.80. The van der Waals surface area contributed by atoms with Gasteiger partial charge in [0.25, 0.3) is 0 Å². The summed E-state index contributed by atoms with van der Waals surface area (Å²) in [6.07, 6.45) is 3.39. The van der Waals surface area contributed by atoms with Crippen LogP contribution in [0.3, 0.4) is 0 Å². The van der Waals surface area contributed by atoms with Crippen molar-refractivity contribution in [2.75, 3.05) is 6.61 Å². The second-order valence-corrected chi connectivity index (χ2v) is 9.03. The second-order valence-electron chi connectivity index (χ2n) is 8.59. The highest BCUT2D eigenvalue weighted by atomic mass is 35.5. The molecule has 4 aromatic rings. The van der Waals surface area contributed by atoms with Crippen molar-refractivity contribution in [1.29, 1.82) is 0 Å². The molecule has 0 radical (unpaired) electrons. The van der Waals surface area contributed by atoms with E-state index in [0.717, 1.165) is 46.7 Å². The molecule has 0 N–H and O–H groups in total. The summed E-state index contributed by atoms with van der Waals surface area (Å²) in [5.74, 6) is -0.273. The Balaban J connectivity index is 1.62. The summed E-state index contributed by atoms with van der Waals surface area (Å²) in [5.41, 5.74) is 6.78. The van der Waals surface area contributed by atoms with Crippen LogP contribution >= 0.6 is 11.6 Å². The zero-order chi connectivity index (χ0) is 23.1. The number of fused-ring (bicyclic) bond motifs is 1. The van der Waals surface area contributed by atoms with Crippen LogP contribution < -0.4 is 0 Å². The van der Waals surface area contributed by atoms with Gasteiger partial charge in [-0.25, -0.2) is 19.3 Å². The van der Waals surface area contributed by atoms with Gasteiger partial charge in [0.2, 0.25) is 0 Å². The van der Waals surface area contributed by atoms with Crippen molar-refractivity contribution in [3.63, 3.8) is 0 Å². The molecule has 1 aliphatic rings. The molecule has 0 saturated carbocycles. The number of benzene rings is 1. The van der Waals surface area contributed by atoms with Gasteiger partial charge in [0.1, 0.15) is 17.0 Å². The molecule has 1 fully saturated rings. The number of nitrogens with zero attached hydrogens (tertiary/aromatic N) is 4. The quantitative estimate of drug-likeness (QED) is 0.350. The molecule has 1 aromatic carbocycles. The van der Waals surface area contributed by atoms with Gasteiger partial charge in [-0.3, -0.25) is 4.98 Å². The molecule has 168 valence electrons. The van der Waals surface area contributed by atoms with E-state index in [0.29, 0.717) is 28.4 Å². The standard InChI is InChI=1S/C26H24ClFN4O/c1-14-10-18(6-8-29-14)24-11-17(7-9-33-24)22-13-23-26(31-16(3)15(2)30-23)25(32-22)20-5-4-19(27)12-21(20)28/h4-6,8,10,12-13,17,24H,7,9,11H2,1-3H3/t17-,24+/m1/s1. The number of ether oxygens (including phenoxy) is 1. The van der Waals surface area contributed by atoms with Crippen LogP contribution in [0.25, 0.3) is 22.3 Å². The number of hydrogen-bond donors (Lipinski definition) is 0. The van der Waals surface area contributed by atoms with Gasteiger partial charge in [-0.05, 0) is 75.6 Å². The first-order chi connectivity index (χ1) is 15.9. The fraction of sp³-hybridized carbons (Fsp3) is 0.308. The molecule has 5 rings (SSSR count). The van der Waals surface area contributed by atoms with Gasteiger partial charge in [0.05, 0.1) is 23.0 Å². The van der Waals surface area contributed by atoms with Crippen LogP contribution in [0.4, 0.5) is 4.39 Å². The zero-order valence-corrected chi connectivity index (χ0v) is 19.5. The predicted molar refractivity (Wildman–Crippen MR) is 127 cm³/mol. The summed E-state index contributed by atoms with van der Waals surface area (Å²) >= 11 is 6.00. The van der Waals surface area contributed by atoms with Gasteiger partial charge in [0, 0.05) is 40.7 Å². The Morgan fingerprint density at radius 1 is 1.00 bits per heavy atom. The molecule has 33 heavy (non-hydrogen) atoms. The minimum atomic E-state index is -0.425. The molecule has 0 unspecified atom stereocenters. The van der Waals surface area contributed by atoms with Crippen molar-refractivity contribution in [3.05, 3.63) is 81.8 Å². The largest absolute Gasteiger partial charge is 0.373 e. The molecule has 4 heterocycles. The van der Waals surface area contributed by atoms with Gasteiger partial charge in [-0.15, -0.1) is 0 Å². The Morgan fingerprint density at radius 3 is 2.61 bits per heavy atom. The SMILES string of the molecule is Cc1cc([C@@H]2C[C@H](c3cc4nc(C)c(C)nc4c(-c4ccc(Cl)cc4F)n3)CCO2)ccn1. The van der Waals surface area contributed by atoms with E-state index in [4.69, 9.17) is 31.3 Å². The Labute approximate surface area is 197 Å². The van der Waals surface area contributed by atoms with Crippen molar-refractivity contribution in [1.82, 2.24) is 19.9 Å². The molecule has 0 spiro atoms.